The first kappa shape index (κ1) is 20.4. The quantitative estimate of drug-likeness (QED) is 0.732. The SMILES string of the molecule is CCCCNC(=O)C1CN(C(=O)c2cccc(Cl)c2)CC1c1ccccc1C. The lowest BCUT2D eigenvalue weighted by Gasteiger charge is -2.20. The van der Waals surface area contributed by atoms with Gasteiger partial charge in [-0.3, -0.25) is 9.59 Å². The molecule has 0 saturated carbocycles. The van der Waals surface area contributed by atoms with Crippen LogP contribution < -0.4 is 5.32 Å². The molecular formula is C23H27ClN2O2. The van der Waals surface area contributed by atoms with Crippen molar-refractivity contribution in [3.05, 3.63) is 70.2 Å². The highest BCUT2D eigenvalue weighted by molar-refractivity contribution is 6.30. The summed E-state index contributed by atoms with van der Waals surface area (Å²) in [5, 5.41) is 3.59. The van der Waals surface area contributed by atoms with Gasteiger partial charge in [-0.25, -0.2) is 0 Å². The molecule has 2 amide bonds. The average molecular weight is 399 g/mol. The molecule has 3 rings (SSSR count). The van der Waals surface area contributed by atoms with Gasteiger partial charge in [0.05, 0.1) is 5.92 Å². The largest absolute Gasteiger partial charge is 0.356 e. The molecule has 1 fully saturated rings. The van der Waals surface area contributed by atoms with Gasteiger partial charge in [0.25, 0.3) is 5.91 Å². The molecule has 28 heavy (non-hydrogen) atoms. The zero-order valence-electron chi connectivity index (χ0n) is 16.5. The van der Waals surface area contributed by atoms with Crippen molar-refractivity contribution in [2.24, 2.45) is 5.92 Å². The van der Waals surface area contributed by atoms with Crippen molar-refractivity contribution in [1.82, 2.24) is 10.2 Å². The number of amides is 2. The van der Waals surface area contributed by atoms with Gasteiger partial charge in [0, 0.05) is 36.1 Å². The number of carbonyl (C=O) groups excluding carboxylic acids is 2. The second-order valence-electron chi connectivity index (χ2n) is 7.43. The highest BCUT2D eigenvalue weighted by atomic mass is 35.5. The van der Waals surface area contributed by atoms with Crippen LogP contribution in [0.3, 0.4) is 0 Å². The molecule has 0 bridgehead atoms. The maximum Gasteiger partial charge on any atom is 0.253 e. The van der Waals surface area contributed by atoms with E-state index in [1.807, 2.05) is 12.1 Å². The van der Waals surface area contributed by atoms with Gasteiger partial charge in [0.2, 0.25) is 5.91 Å². The first-order valence-corrected chi connectivity index (χ1v) is 10.3. The second-order valence-corrected chi connectivity index (χ2v) is 7.87. The summed E-state index contributed by atoms with van der Waals surface area (Å²) in [5.74, 6) is -0.305. The monoisotopic (exact) mass is 398 g/mol. The number of aryl methyl sites for hydroxylation is 1. The lowest BCUT2D eigenvalue weighted by Crippen LogP contribution is -2.36. The summed E-state index contributed by atoms with van der Waals surface area (Å²) in [4.78, 5) is 27.7. The van der Waals surface area contributed by atoms with Gasteiger partial charge in [0.15, 0.2) is 0 Å². The van der Waals surface area contributed by atoms with E-state index in [1.54, 1.807) is 29.2 Å². The van der Waals surface area contributed by atoms with Crippen LogP contribution in [0, 0.1) is 12.8 Å². The third kappa shape index (κ3) is 4.56. The molecule has 1 heterocycles. The number of rotatable bonds is 6. The standard InChI is InChI=1S/C23H27ClN2O2/c1-3-4-12-25-22(27)21-15-26(23(28)17-9-7-10-18(24)13-17)14-20(21)19-11-6-5-8-16(19)2/h5-11,13,20-21H,3-4,12,14-15H2,1-2H3,(H,25,27). The van der Waals surface area contributed by atoms with E-state index in [4.69, 9.17) is 11.6 Å². The second kappa shape index (κ2) is 9.24. The number of nitrogens with zero attached hydrogens (tertiary/aromatic N) is 1. The van der Waals surface area contributed by atoms with E-state index in [-0.39, 0.29) is 23.7 Å². The first-order valence-electron chi connectivity index (χ1n) is 9.89. The molecule has 2 unspecified atom stereocenters. The summed E-state index contributed by atoms with van der Waals surface area (Å²) in [6.45, 7) is 5.78. The van der Waals surface area contributed by atoms with Crippen LogP contribution in [0.4, 0.5) is 0 Å². The van der Waals surface area contributed by atoms with E-state index >= 15 is 0 Å². The zero-order valence-corrected chi connectivity index (χ0v) is 17.2. The Kier molecular flexibility index (Phi) is 6.74. The van der Waals surface area contributed by atoms with E-state index in [2.05, 4.69) is 31.3 Å². The fourth-order valence-electron chi connectivity index (χ4n) is 3.88. The highest BCUT2D eigenvalue weighted by Crippen LogP contribution is 2.35. The van der Waals surface area contributed by atoms with Crippen molar-refractivity contribution in [3.8, 4) is 0 Å². The van der Waals surface area contributed by atoms with Crippen molar-refractivity contribution >= 4 is 23.4 Å². The van der Waals surface area contributed by atoms with Crippen molar-refractivity contribution in [2.45, 2.75) is 32.6 Å². The van der Waals surface area contributed by atoms with Gasteiger partial charge >= 0.3 is 0 Å². The van der Waals surface area contributed by atoms with Gasteiger partial charge < -0.3 is 10.2 Å². The molecule has 0 radical (unpaired) electrons. The molecule has 0 aliphatic carbocycles. The minimum atomic E-state index is -0.249. The van der Waals surface area contributed by atoms with Crippen LogP contribution in [-0.2, 0) is 4.79 Å². The summed E-state index contributed by atoms with van der Waals surface area (Å²) in [5.41, 5.74) is 2.85. The van der Waals surface area contributed by atoms with Gasteiger partial charge in [-0.1, -0.05) is 55.3 Å². The van der Waals surface area contributed by atoms with Crippen LogP contribution in [-0.4, -0.2) is 36.3 Å². The average Bonchev–Trinajstić information content (AvgIpc) is 3.13. The minimum absolute atomic E-state index is 0.00837. The Bertz CT molecular complexity index is 852. The number of halogens is 1. The van der Waals surface area contributed by atoms with E-state index < -0.39 is 0 Å². The number of unbranched alkanes of at least 4 members (excludes halogenated alkanes) is 1. The lowest BCUT2D eigenvalue weighted by atomic mass is 9.86. The molecule has 1 aliphatic heterocycles. The Hall–Kier alpha value is -2.33. The maximum absolute atomic E-state index is 13.0. The third-order valence-electron chi connectivity index (χ3n) is 5.43. The Morgan fingerprint density at radius 2 is 1.93 bits per heavy atom. The third-order valence-corrected chi connectivity index (χ3v) is 5.67. The molecule has 0 spiro atoms. The molecule has 4 nitrogen and oxygen atoms in total. The Labute approximate surface area is 171 Å². The molecule has 1 aliphatic rings. The lowest BCUT2D eigenvalue weighted by molar-refractivity contribution is -0.124. The van der Waals surface area contributed by atoms with Crippen molar-refractivity contribution < 1.29 is 9.59 Å². The molecule has 5 heteroatoms. The van der Waals surface area contributed by atoms with Crippen molar-refractivity contribution in [2.75, 3.05) is 19.6 Å². The van der Waals surface area contributed by atoms with Gasteiger partial charge in [-0.2, -0.15) is 0 Å². The molecule has 1 N–H and O–H groups in total. The number of hydrogen-bond acceptors (Lipinski definition) is 2. The van der Waals surface area contributed by atoms with Crippen LogP contribution >= 0.6 is 11.6 Å². The topological polar surface area (TPSA) is 49.4 Å². The molecular weight excluding hydrogens is 372 g/mol. The number of nitrogens with one attached hydrogen (secondary N) is 1. The Morgan fingerprint density at radius 1 is 1.14 bits per heavy atom. The van der Waals surface area contributed by atoms with E-state index in [0.717, 1.165) is 24.0 Å². The zero-order chi connectivity index (χ0) is 20.1. The maximum atomic E-state index is 13.0. The first-order chi connectivity index (χ1) is 13.5. The Balaban J connectivity index is 1.84. The molecule has 1 saturated heterocycles. The van der Waals surface area contributed by atoms with Crippen LogP contribution in [0.5, 0.6) is 0 Å². The summed E-state index contributed by atoms with van der Waals surface area (Å²) in [7, 11) is 0. The normalized spacial score (nSPS) is 18.9. The van der Waals surface area contributed by atoms with E-state index in [9.17, 15) is 9.59 Å². The van der Waals surface area contributed by atoms with Crippen LogP contribution in [0.15, 0.2) is 48.5 Å². The predicted molar refractivity (Wildman–Crippen MR) is 113 cm³/mol. The van der Waals surface area contributed by atoms with E-state index in [1.165, 1.54) is 0 Å². The molecule has 2 atom stereocenters. The van der Waals surface area contributed by atoms with E-state index in [0.29, 0.717) is 30.2 Å². The molecule has 0 aromatic heterocycles. The molecule has 148 valence electrons. The number of hydrogen-bond donors (Lipinski definition) is 1. The summed E-state index contributed by atoms with van der Waals surface area (Å²) < 4.78 is 0. The Morgan fingerprint density at radius 3 is 2.64 bits per heavy atom. The van der Waals surface area contributed by atoms with Gasteiger partial charge in [0.1, 0.15) is 0 Å². The summed E-state index contributed by atoms with van der Waals surface area (Å²) in [6.07, 6.45) is 1.99. The van der Waals surface area contributed by atoms with Crippen LogP contribution in [0.2, 0.25) is 5.02 Å². The van der Waals surface area contributed by atoms with Crippen molar-refractivity contribution in [3.63, 3.8) is 0 Å². The van der Waals surface area contributed by atoms with Gasteiger partial charge in [-0.05, 0) is 42.7 Å². The molecule has 2 aromatic rings. The van der Waals surface area contributed by atoms with Crippen LogP contribution in [0.25, 0.3) is 0 Å². The molecule has 2 aromatic carbocycles. The summed E-state index contributed by atoms with van der Waals surface area (Å²) >= 11 is 6.06. The smallest absolute Gasteiger partial charge is 0.253 e. The fourth-order valence-corrected chi connectivity index (χ4v) is 4.07. The fraction of sp³-hybridized carbons (Fsp3) is 0.391. The van der Waals surface area contributed by atoms with Crippen LogP contribution in [0.1, 0.15) is 47.2 Å². The van der Waals surface area contributed by atoms with Gasteiger partial charge in [-0.15, -0.1) is 0 Å². The van der Waals surface area contributed by atoms with Crippen molar-refractivity contribution in [1.29, 1.82) is 0 Å². The predicted octanol–water partition coefficient (Wildman–Crippen LogP) is 4.42. The number of benzene rings is 2. The minimum Gasteiger partial charge on any atom is -0.356 e. The summed E-state index contributed by atoms with van der Waals surface area (Å²) in [6, 6.07) is 15.1. The number of carbonyl (C=O) groups is 2. The number of likely N-dealkylation sites (tertiary alicyclic amines) is 1. The highest BCUT2D eigenvalue weighted by Gasteiger charge is 2.40.